The van der Waals surface area contributed by atoms with E-state index in [1.807, 2.05) is 22.7 Å². The molecule has 0 radical (unpaired) electrons. The zero-order valence-corrected chi connectivity index (χ0v) is 21.8. The molecule has 1 fully saturated rings. The Labute approximate surface area is 225 Å². The zero-order chi connectivity index (χ0) is 27.8. The number of methoxy groups -OCH3 is 1. The Morgan fingerprint density at radius 3 is 2.69 bits per heavy atom. The number of fused-ring (bicyclic) bond motifs is 1. The largest absolute Gasteiger partial charge is 0.382 e. The number of carbonyl (C=O) groups is 2. The highest BCUT2D eigenvalue weighted by Gasteiger charge is 2.28. The fraction of sp³-hybridized carbons (Fsp3) is 0.250. The number of allylic oxidation sites excluding steroid dienone is 1. The molecule has 1 aliphatic rings. The van der Waals surface area contributed by atoms with Gasteiger partial charge in [0.2, 0.25) is 0 Å². The molecule has 3 N–H and O–H groups in total. The van der Waals surface area contributed by atoms with Gasteiger partial charge >= 0.3 is 0 Å². The van der Waals surface area contributed by atoms with Crippen molar-refractivity contribution in [2.75, 3.05) is 38.4 Å². The number of pyridine rings is 1. The minimum atomic E-state index is -0.466. The molecule has 1 aliphatic heterocycles. The van der Waals surface area contributed by atoms with E-state index in [-0.39, 0.29) is 17.8 Å². The minimum Gasteiger partial charge on any atom is -0.382 e. The zero-order valence-electron chi connectivity index (χ0n) is 21.8. The molecule has 4 aromatic rings. The SMILES string of the molecule is CN1CCCC1c1nc(-c2ccc(C(=O)Nc3cc(F)ccn3)cc2)c2c(N)nccn12.COC/C=C/C=O. The normalized spacial score (nSPS) is 15.3. The van der Waals surface area contributed by atoms with E-state index in [0.717, 1.165) is 48.3 Å². The summed E-state index contributed by atoms with van der Waals surface area (Å²) in [4.78, 5) is 37.5. The van der Waals surface area contributed by atoms with Gasteiger partial charge in [0.25, 0.3) is 5.91 Å². The van der Waals surface area contributed by atoms with Crippen LogP contribution in [0.1, 0.15) is 35.1 Å². The molecule has 0 saturated carbocycles. The molecule has 4 heterocycles. The summed E-state index contributed by atoms with van der Waals surface area (Å²) < 4.78 is 20.0. The van der Waals surface area contributed by atoms with Crippen LogP contribution in [0.25, 0.3) is 16.8 Å². The number of likely N-dealkylation sites (tertiary alicyclic amines) is 1. The third-order valence-electron chi connectivity index (χ3n) is 6.29. The summed E-state index contributed by atoms with van der Waals surface area (Å²) in [6.45, 7) is 1.54. The first kappa shape index (κ1) is 27.6. The highest BCUT2D eigenvalue weighted by Crippen LogP contribution is 2.35. The van der Waals surface area contributed by atoms with Crippen molar-refractivity contribution >= 4 is 29.3 Å². The number of imidazole rings is 1. The van der Waals surface area contributed by atoms with Crippen LogP contribution in [0.3, 0.4) is 0 Å². The number of hydrogen-bond acceptors (Lipinski definition) is 8. The first-order valence-corrected chi connectivity index (χ1v) is 12.4. The van der Waals surface area contributed by atoms with Gasteiger partial charge in [-0.15, -0.1) is 0 Å². The number of nitrogens with one attached hydrogen (secondary N) is 1. The summed E-state index contributed by atoms with van der Waals surface area (Å²) in [5.41, 5.74) is 8.96. The summed E-state index contributed by atoms with van der Waals surface area (Å²) >= 11 is 0. The fourth-order valence-electron chi connectivity index (χ4n) is 4.41. The van der Waals surface area contributed by atoms with Gasteiger partial charge in [-0.25, -0.2) is 19.3 Å². The van der Waals surface area contributed by atoms with Crippen LogP contribution in [0.4, 0.5) is 16.0 Å². The van der Waals surface area contributed by atoms with Crippen LogP contribution < -0.4 is 11.1 Å². The predicted molar refractivity (Wildman–Crippen MR) is 147 cm³/mol. The number of halogens is 1. The average Bonchev–Trinajstić information content (AvgIpc) is 3.53. The van der Waals surface area contributed by atoms with Gasteiger partial charge in [0.05, 0.1) is 12.6 Å². The van der Waals surface area contributed by atoms with E-state index in [1.165, 1.54) is 24.4 Å². The Hall–Kier alpha value is -4.48. The van der Waals surface area contributed by atoms with Gasteiger partial charge in [0.1, 0.15) is 40.8 Å². The molecule has 0 aliphatic carbocycles. The first-order chi connectivity index (χ1) is 18.9. The number of carbonyl (C=O) groups excluding carboxylic acids is 2. The highest BCUT2D eigenvalue weighted by atomic mass is 19.1. The van der Waals surface area contributed by atoms with E-state index in [4.69, 9.17) is 10.7 Å². The summed E-state index contributed by atoms with van der Waals surface area (Å²) in [7, 11) is 3.68. The number of nitrogens with two attached hydrogens (primary N) is 1. The number of aldehydes is 1. The van der Waals surface area contributed by atoms with E-state index in [9.17, 15) is 14.0 Å². The Balaban J connectivity index is 0.000000448. The molecule has 1 atom stereocenters. The number of amides is 1. The van der Waals surface area contributed by atoms with Crippen molar-refractivity contribution in [1.29, 1.82) is 0 Å². The van der Waals surface area contributed by atoms with Crippen LogP contribution in [0, 0.1) is 5.82 Å². The van der Waals surface area contributed by atoms with E-state index >= 15 is 0 Å². The second-order valence-electron chi connectivity index (χ2n) is 8.90. The lowest BCUT2D eigenvalue weighted by Crippen LogP contribution is -2.19. The molecule has 202 valence electrons. The molecule has 11 heteroatoms. The summed E-state index contributed by atoms with van der Waals surface area (Å²) in [6, 6.07) is 9.64. The van der Waals surface area contributed by atoms with E-state index in [1.54, 1.807) is 31.5 Å². The molecule has 39 heavy (non-hydrogen) atoms. The number of ether oxygens (including phenoxy) is 1. The van der Waals surface area contributed by atoms with Crippen LogP contribution >= 0.6 is 0 Å². The number of nitrogen functional groups attached to an aromatic ring is 1. The summed E-state index contributed by atoms with van der Waals surface area (Å²) in [6.07, 6.45) is 10.8. The van der Waals surface area contributed by atoms with E-state index in [2.05, 4.69) is 32.0 Å². The van der Waals surface area contributed by atoms with Crippen LogP contribution in [-0.2, 0) is 9.53 Å². The molecule has 1 saturated heterocycles. The van der Waals surface area contributed by atoms with Crippen molar-refractivity contribution < 1.29 is 18.7 Å². The lowest BCUT2D eigenvalue weighted by Gasteiger charge is -2.18. The number of benzene rings is 1. The van der Waals surface area contributed by atoms with Crippen molar-refractivity contribution in [3.05, 3.63) is 84.3 Å². The molecule has 5 rings (SSSR count). The maximum absolute atomic E-state index is 13.3. The second-order valence-corrected chi connectivity index (χ2v) is 8.90. The second kappa shape index (κ2) is 12.9. The van der Waals surface area contributed by atoms with Gasteiger partial charge in [-0.05, 0) is 50.7 Å². The Morgan fingerprint density at radius 2 is 2.03 bits per heavy atom. The van der Waals surface area contributed by atoms with Crippen LogP contribution in [0.2, 0.25) is 0 Å². The maximum atomic E-state index is 13.3. The molecule has 1 aromatic carbocycles. The molecular formula is C28H30FN7O3. The van der Waals surface area contributed by atoms with Gasteiger partial charge in [-0.1, -0.05) is 18.2 Å². The number of nitrogens with zero attached hydrogens (tertiary/aromatic N) is 5. The lowest BCUT2D eigenvalue weighted by atomic mass is 10.1. The van der Waals surface area contributed by atoms with Crippen molar-refractivity contribution in [3.63, 3.8) is 0 Å². The van der Waals surface area contributed by atoms with Crippen molar-refractivity contribution in [2.45, 2.75) is 18.9 Å². The highest BCUT2D eigenvalue weighted by molar-refractivity contribution is 6.04. The monoisotopic (exact) mass is 531 g/mol. The number of rotatable bonds is 7. The minimum absolute atomic E-state index is 0.156. The molecule has 3 aromatic heterocycles. The maximum Gasteiger partial charge on any atom is 0.256 e. The Morgan fingerprint density at radius 1 is 1.23 bits per heavy atom. The molecule has 1 amide bonds. The van der Waals surface area contributed by atoms with Crippen molar-refractivity contribution in [2.24, 2.45) is 0 Å². The van der Waals surface area contributed by atoms with Gasteiger partial charge in [0, 0.05) is 42.9 Å². The van der Waals surface area contributed by atoms with Crippen molar-refractivity contribution in [3.8, 4) is 11.3 Å². The van der Waals surface area contributed by atoms with Crippen molar-refractivity contribution in [1.82, 2.24) is 24.3 Å². The number of anilines is 2. The molecule has 0 bridgehead atoms. The fourth-order valence-corrected chi connectivity index (χ4v) is 4.41. The molecule has 10 nitrogen and oxygen atoms in total. The topological polar surface area (TPSA) is 128 Å². The van der Waals surface area contributed by atoms with E-state index in [0.29, 0.717) is 18.0 Å². The van der Waals surface area contributed by atoms with Gasteiger partial charge < -0.3 is 15.8 Å². The quantitative estimate of drug-likeness (QED) is 0.271. The van der Waals surface area contributed by atoms with Crippen LogP contribution in [0.15, 0.2) is 67.1 Å². The smallest absolute Gasteiger partial charge is 0.256 e. The number of aromatic nitrogens is 4. The van der Waals surface area contributed by atoms with Gasteiger partial charge in [-0.2, -0.15) is 0 Å². The predicted octanol–water partition coefficient (Wildman–Crippen LogP) is 3.92. The van der Waals surface area contributed by atoms with Gasteiger partial charge in [0.15, 0.2) is 0 Å². The Kier molecular flexibility index (Phi) is 9.08. The van der Waals surface area contributed by atoms with Crippen LogP contribution in [-0.4, -0.2) is 63.8 Å². The van der Waals surface area contributed by atoms with Gasteiger partial charge in [-0.3, -0.25) is 18.9 Å². The third kappa shape index (κ3) is 6.51. The molecule has 1 unspecified atom stereocenters. The summed E-state index contributed by atoms with van der Waals surface area (Å²) in [5, 5.41) is 2.60. The average molecular weight is 532 g/mol. The third-order valence-corrected chi connectivity index (χ3v) is 6.29. The standard InChI is InChI=1S/C23H22FN7O.C5H8O2/c1-30-11-2-3-17(30)22-29-19(20-21(25)27-10-12-31(20)22)14-4-6-15(7-5-14)23(32)28-18-13-16(24)8-9-26-18;1-7-5-3-2-4-6/h4-10,12-13,17H,2-3,11H2,1H3,(H2,25,27)(H,26,28,32);2-4H,5H2,1H3/b;3-2+. The lowest BCUT2D eigenvalue weighted by molar-refractivity contribution is -0.104. The Bertz CT molecular complexity index is 1470. The molecule has 0 spiro atoms. The first-order valence-electron chi connectivity index (χ1n) is 12.4. The molecular weight excluding hydrogens is 501 g/mol. The van der Waals surface area contributed by atoms with E-state index < -0.39 is 5.82 Å². The van der Waals surface area contributed by atoms with Crippen LogP contribution in [0.5, 0.6) is 0 Å². The summed E-state index contributed by atoms with van der Waals surface area (Å²) in [5.74, 6) is 0.651. The number of hydrogen-bond donors (Lipinski definition) is 2.